The van der Waals surface area contributed by atoms with Crippen LogP contribution in [-0.2, 0) is 13.0 Å². The zero-order valence-corrected chi connectivity index (χ0v) is 19.8. The molecule has 0 saturated carbocycles. The van der Waals surface area contributed by atoms with Gasteiger partial charge in [0.2, 0.25) is 5.52 Å². The fourth-order valence-corrected chi connectivity index (χ4v) is 4.58. The number of hydrogen-bond acceptors (Lipinski definition) is 1. The Hall–Kier alpha value is -1.92. The summed E-state index contributed by atoms with van der Waals surface area (Å²) < 4.78 is 15.9. The molecule has 30 heavy (non-hydrogen) atoms. The lowest BCUT2D eigenvalue weighted by Crippen LogP contribution is -3.00. The average molecular weight is 529 g/mol. The monoisotopic (exact) mass is 529 g/mol. The van der Waals surface area contributed by atoms with Crippen molar-refractivity contribution >= 4 is 22.7 Å². The number of benzene rings is 3. The molecule has 0 atom stereocenters. The van der Waals surface area contributed by atoms with E-state index >= 15 is 0 Å². The number of aryl methyl sites for hydroxylation is 2. The van der Waals surface area contributed by atoms with Crippen LogP contribution in [0, 0.1) is 5.82 Å². The minimum absolute atomic E-state index is 0. The van der Waals surface area contributed by atoms with Crippen molar-refractivity contribution in [3.05, 3.63) is 103 Å². The standard InChI is InChI=1S/C26H25FNS.HI/c27-23-14-9-15-24(19-23)29-25-18-22-13-6-7-16-26(22)28(20-25)17-8-2-5-12-21-10-3-1-4-11-21;/h1,3-4,6-7,9-11,13-16,18-20H,2,5,8,12,17H2;1H/q+1;/p-1. The third-order valence-electron chi connectivity index (χ3n) is 5.07. The van der Waals surface area contributed by atoms with Crippen molar-refractivity contribution in [3.8, 4) is 0 Å². The Kier molecular flexibility index (Phi) is 8.70. The first kappa shape index (κ1) is 22.8. The van der Waals surface area contributed by atoms with Gasteiger partial charge in [0.05, 0.1) is 4.90 Å². The third kappa shape index (κ3) is 6.29. The Morgan fingerprint density at radius 2 is 1.53 bits per heavy atom. The molecule has 1 aromatic heterocycles. The molecule has 0 saturated heterocycles. The molecule has 0 amide bonds. The van der Waals surface area contributed by atoms with Crippen molar-refractivity contribution in [2.24, 2.45) is 0 Å². The molecule has 0 fully saturated rings. The molecule has 4 aromatic rings. The van der Waals surface area contributed by atoms with E-state index < -0.39 is 0 Å². The maximum absolute atomic E-state index is 13.5. The number of pyridine rings is 1. The van der Waals surface area contributed by atoms with Crippen LogP contribution in [0.3, 0.4) is 0 Å². The Labute approximate surface area is 199 Å². The smallest absolute Gasteiger partial charge is 0.212 e. The predicted octanol–water partition coefficient (Wildman–Crippen LogP) is 3.83. The van der Waals surface area contributed by atoms with Crippen LogP contribution in [0.1, 0.15) is 24.8 Å². The predicted molar refractivity (Wildman–Crippen MR) is 119 cm³/mol. The van der Waals surface area contributed by atoms with E-state index in [9.17, 15) is 4.39 Å². The molecule has 4 heteroatoms. The second-order valence-corrected chi connectivity index (χ2v) is 8.43. The van der Waals surface area contributed by atoms with Crippen LogP contribution in [0.15, 0.2) is 101 Å². The highest BCUT2D eigenvalue weighted by Crippen LogP contribution is 2.29. The van der Waals surface area contributed by atoms with Gasteiger partial charge >= 0.3 is 0 Å². The van der Waals surface area contributed by atoms with E-state index in [1.54, 1.807) is 23.9 Å². The maximum atomic E-state index is 13.5. The van der Waals surface area contributed by atoms with Gasteiger partial charge in [-0.15, -0.1) is 0 Å². The molecule has 0 N–H and O–H groups in total. The number of aromatic nitrogens is 1. The molecular weight excluding hydrogens is 504 g/mol. The summed E-state index contributed by atoms with van der Waals surface area (Å²) in [6.45, 7) is 0.993. The van der Waals surface area contributed by atoms with E-state index in [2.05, 4.69) is 71.4 Å². The summed E-state index contributed by atoms with van der Waals surface area (Å²) >= 11 is 1.61. The number of fused-ring (bicyclic) bond motifs is 1. The molecule has 1 heterocycles. The van der Waals surface area contributed by atoms with Crippen LogP contribution in [0.4, 0.5) is 4.39 Å². The molecule has 154 valence electrons. The number of rotatable bonds is 8. The topological polar surface area (TPSA) is 3.88 Å². The van der Waals surface area contributed by atoms with Crippen molar-refractivity contribution in [1.82, 2.24) is 0 Å². The third-order valence-corrected chi connectivity index (χ3v) is 6.01. The fourth-order valence-electron chi connectivity index (χ4n) is 3.62. The molecule has 0 spiro atoms. The lowest BCUT2D eigenvalue weighted by molar-refractivity contribution is -0.673. The van der Waals surface area contributed by atoms with Crippen molar-refractivity contribution in [3.63, 3.8) is 0 Å². The lowest BCUT2D eigenvalue weighted by Gasteiger charge is -2.06. The summed E-state index contributed by atoms with van der Waals surface area (Å²) in [5.74, 6) is -0.193. The number of para-hydroxylation sites is 1. The zero-order chi connectivity index (χ0) is 19.9. The summed E-state index contributed by atoms with van der Waals surface area (Å²) in [6.07, 6.45) is 6.91. The van der Waals surface area contributed by atoms with Crippen LogP contribution >= 0.6 is 11.8 Å². The first-order valence-electron chi connectivity index (χ1n) is 10.2. The highest BCUT2D eigenvalue weighted by Gasteiger charge is 2.12. The summed E-state index contributed by atoms with van der Waals surface area (Å²) in [5, 5.41) is 1.22. The SMILES string of the molecule is Fc1cccc(Sc2cc3ccccc3[n+](CCCCCc3ccccc3)c2)c1.[I-]. The molecule has 0 bridgehead atoms. The Bertz CT molecular complexity index is 1080. The Balaban J connectivity index is 0.00000256. The van der Waals surface area contributed by atoms with Gasteiger partial charge in [-0.1, -0.05) is 60.3 Å². The quantitative estimate of drug-likeness (QED) is 0.191. The fraction of sp³-hybridized carbons (Fsp3) is 0.192. The molecule has 3 aromatic carbocycles. The van der Waals surface area contributed by atoms with Gasteiger partial charge in [-0.05, 0) is 55.2 Å². The van der Waals surface area contributed by atoms with Crippen molar-refractivity contribution in [1.29, 1.82) is 0 Å². The van der Waals surface area contributed by atoms with Crippen LogP contribution in [-0.4, -0.2) is 0 Å². The molecule has 4 rings (SSSR count). The van der Waals surface area contributed by atoms with Gasteiger partial charge in [-0.3, -0.25) is 0 Å². The summed E-state index contributed by atoms with van der Waals surface area (Å²) in [4.78, 5) is 2.06. The minimum atomic E-state index is -0.193. The van der Waals surface area contributed by atoms with Gasteiger partial charge in [0.15, 0.2) is 6.20 Å². The molecule has 0 radical (unpaired) electrons. The van der Waals surface area contributed by atoms with E-state index in [1.807, 2.05) is 6.07 Å². The van der Waals surface area contributed by atoms with Gasteiger partial charge < -0.3 is 24.0 Å². The summed E-state index contributed by atoms with van der Waals surface area (Å²) in [7, 11) is 0. The largest absolute Gasteiger partial charge is 1.00 e. The van der Waals surface area contributed by atoms with Gasteiger partial charge in [0, 0.05) is 22.8 Å². The molecule has 0 aliphatic carbocycles. The zero-order valence-electron chi connectivity index (χ0n) is 16.8. The average Bonchev–Trinajstić information content (AvgIpc) is 2.74. The van der Waals surface area contributed by atoms with E-state index in [-0.39, 0.29) is 29.8 Å². The number of unbranched alkanes of at least 4 members (excludes halogenated alkanes) is 2. The molecule has 0 unspecified atom stereocenters. The molecule has 1 nitrogen and oxygen atoms in total. The highest BCUT2D eigenvalue weighted by atomic mass is 127. The number of halogens is 2. The maximum Gasteiger partial charge on any atom is 0.212 e. The first-order chi connectivity index (χ1) is 14.3. The van der Waals surface area contributed by atoms with Crippen molar-refractivity contribution in [2.45, 2.75) is 42.0 Å². The van der Waals surface area contributed by atoms with Gasteiger partial charge in [0.25, 0.3) is 0 Å². The molecular formula is C26H25FINS. The van der Waals surface area contributed by atoms with E-state index in [1.165, 1.54) is 35.4 Å². The van der Waals surface area contributed by atoms with Crippen LogP contribution in [0.25, 0.3) is 10.9 Å². The lowest BCUT2D eigenvalue weighted by atomic mass is 10.1. The number of nitrogens with zero attached hydrogens (tertiary/aromatic N) is 1. The highest BCUT2D eigenvalue weighted by molar-refractivity contribution is 7.99. The van der Waals surface area contributed by atoms with Crippen molar-refractivity contribution < 1.29 is 32.9 Å². The normalized spacial score (nSPS) is 10.7. The first-order valence-corrected chi connectivity index (χ1v) is 11.0. The molecule has 0 aliphatic rings. The van der Waals surface area contributed by atoms with E-state index in [0.717, 1.165) is 29.2 Å². The number of hydrogen-bond donors (Lipinski definition) is 0. The summed E-state index contributed by atoms with van der Waals surface area (Å²) in [6, 6.07) is 28.2. The van der Waals surface area contributed by atoms with E-state index in [4.69, 9.17) is 0 Å². The second kappa shape index (κ2) is 11.5. The van der Waals surface area contributed by atoms with Gasteiger partial charge in [-0.2, -0.15) is 4.57 Å². The van der Waals surface area contributed by atoms with Gasteiger partial charge in [0.1, 0.15) is 12.4 Å². The Morgan fingerprint density at radius 1 is 0.733 bits per heavy atom. The Morgan fingerprint density at radius 3 is 2.37 bits per heavy atom. The van der Waals surface area contributed by atoms with Gasteiger partial charge in [-0.25, -0.2) is 4.39 Å². The van der Waals surface area contributed by atoms with Crippen molar-refractivity contribution in [2.75, 3.05) is 0 Å². The molecule has 0 aliphatic heterocycles. The van der Waals surface area contributed by atoms with Crippen LogP contribution < -0.4 is 28.5 Å². The van der Waals surface area contributed by atoms with E-state index in [0.29, 0.717) is 0 Å². The minimum Gasteiger partial charge on any atom is -1.00 e. The van der Waals surface area contributed by atoms with Crippen LogP contribution in [0.5, 0.6) is 0 Å². The summed E-state index contributed by atoms with van der Waals surface area (Å²) in [5.41, 5.74) is 2.67. The second-order valence-electron chi connectivity index (χ2n) is 7.28. The van der Waals surface area contributed by atoms with Crippen LogP contribution in [0.2, 0.25) is 0 Å².